The zero-order chi connectivity index (χ0) is 31.6. The number of carbonyl (C=O) groups is 2. The van der Waals surface area contributed by atoms with E-state index in [4.69, 9.17) is 33.9 Å². The molecule has 2 aliphatic rings. The first-order chi connectivity index (χ1) is 20.9. The van der Waals surface area contributed by atoms with Crippen LogP contribution >= 0.6 is 23.2 Å². The van der Waals surface area contributed by atoms with Crippen LogP contribution in [0.2, 0.25) is 10.0 Å². The van der Waals surface area contributed by atoms with E-state index < -0.39 is 11.6 Å². The van der Waals surface area contributed by atoms with Crippen LogP contribution < -0.4 is 21.5 Å². The van der Waals surface area contributed by atoms with Gasteiger partial charge in [0.25, 0.3) is 5.56 Å². The number of nitrogen functional groups attached to an aromatic ring is 1. The average molecular weight is 633 g/mol. The van der Waals surface area contributed by atoms with Crippen molar-refractivity contribution in [2.75, 3.05) is 29.0 Å². The number of fused-ring (bicyclic) bond motifs is 5. The third-order valence-corrected chi connectivity index (χ3v) is 8.90. The minimum absolute atomic E-state index is 0.0340. The summed E-state index contributed by atoms with van der Waals surface area (Å²) in [6.45, 7) is 11.8. The number of aryl methyl sites for hydroxylation is 1. The van der Waals surface area contributed by atoms with Gasteiger partial charge >= 0.3 is 0 Å². The van der Waals surface area contributed by atoms with Gasteiger partial charge in [0.1, 0.15) is 17.4 Å². The number of amides is 2. The fourth-order valence-corrected chi connectivity index (χ4v) is 6.62. The molecule has 44 heavy (non-hydrogen) atoms. The molecule has 6 rings (SSSR count). The summed E-state index contributed by atoms with van der Waals surface area (Å²) < 4.78 is 1.51. The summed E-state index contributed by atoms with van der Waals surface area (Å²) >= 11 is 13.5. The van der Waals surface area contributed by atoms with Gasteiger partial charge in [-0.05, 0) is 61.7 Å². The number of nitrogens with two attached hydrogens (primary N) is 1. The molecule has 10 nitrogen and oxygen atoms in total. The Morgan fingerprint density at radius 3 is 2.59 bits per heavy atom. The summed E-state index contributed by atoms with van der Waals surface area (Å²) in [5, 5.41) is 4.09. The first-order valence-electron chi connectivity index (χ1n) is 14.2. The Kier molecular flexibility index (Phi) is 7.37. The third kappa shape index (κ3) is 4.60. The molecule has 2 unspecified atom stereocenters. The predicted octanol–water partition coefficient (Wildman–Crippen LogP) is 5.31. The van der Waals surface area contributed by atoms with Crippen LogP contribution in [-0.2, 0) is 9.59 Å². The molecule has 0 radical (unpaired) electrons. The van der Waals surface area contributed by atoms with E-state index in [2.05, 4.69) is 16.9 Å². The first-order valence-corrected chi connectivity index (χ1v) is 15.0. The summed E-state index contributed by atoms with van der Waals surface area (Å²) in [6.07, 6.45) is 2.95. The van der Waals surface area contributed by atoms with E-state index >= 15 is 0 Å². The summed E-state index contributed by atoms with van der Waals surface area (Å²) in [4.78, 5) is 53.9. The maximum absolute atomic E-state index is 14.6. The van der Waals surface area contributed by atoms with E-state index in [1.54, 1.807) is 35.4 Å². The number of hydrogen-bond acceptors (Lipinski definition) is 7. The molecule has 2 atom stereocenters. The number of aromatic nitrogens is 3. The van der Waals surface area contributed by atoms with Gasteiger partial charge in [-0.25, -0.2) is 4.98 Å². The molecule has 0 bridgehead atoms. The number of benzene rings is 1. The van der Waals surface area contributed by atoms with E-state index in [1.807, 2.05) is 38.7 Å². The quantitative estimate of drug-likeness (QED) is 0.231. The molecule has 0 aliphatic carbocycles. The van der Waals surface area contributed by atoms with Crippen LogP contribution in [-0.4, -0.2) is 56.4 Å². The highest BCUT2D eigenvalue weighted by Crippen LogP contribution is 2.43. The number of pyridine rings is 3. The molecule has 0 spiro atoms. The second-order valence-electron chi connectivity index (χ2n) is 11.5. The monoisotopic (exact) mass is 631 g/mol. The molecule has 2 amide bonds. The zero-order valence-electron chi connectivity index (χ0n) is 24.7. The Hall–Kier alpha value is -4.41. The average Bonchev–Trinajstić information content (AvgIpc) is 2.98. The van der Waals surface area contributed by atoms with Crippen LogP contribution in [0, 0.1) is 6.92 Å². The number of piperazine rings is 1. The molecule has 5 heterocycles. The summed E-state index contributed by atoms with van der Waals surface area (Å²) in [5.41, 5.74) is 9.97. The lowest BCUT2D eigenvalue weighted by molar-refractivity contribution is -0.130. The smallest absolute Gasteiger partial charge is 0.282 e. The molecule has 226 valence electrons. The summed E-state index contributed by atoms with van der Waals surface area (Å²) in [5.74, 6) is -0.686. The second kappa shape index (κ2) is 10.9. The largest absolute Gasteiger partial charge is 0.399 e. The standard InChI is InChI=1S/C32H31Cl2N7O3/c1-6-24(42)39-14-23-31(43)38-27-29(40(23)13-17(39)5)20-12-22(34)26(19-11-18(35)7-8-21(19)33)37-30(20)41(32(27)44)28-16(4)9-10-36-25(28)15(2)3/h6-12,15,17,23H,1,13-14,35H2,2-5H3,(H,38,43). The number of nitrogens with zero attached hydrogens (tertiary/aromatic N) is 5. The van der Waals surface area contributed by atoms with Gasteiger partial charge in [-0.15, -0.1) is 0 Å². The van der Waals surface area contributed by atoms with Crippen LogP contribution in [0.25, 0.3) is 28.0 Å². The SMILES string of the molecule is C=CC(=O)N1CC2C(=O)Nc3c(c4cc(Cl)c(-c5cc(N)ccc5Cl)nc4n(-c4c(C)ccnc4C(C)C)c3=O)N2CC1C. The van der Waals surface area contributed by atoms with Crippen molar-refractivity contribution in [1.82, 2.24) is 19.4 Å². The van der Waals surface area contributed by atoms with Crippen molar-refractivity contribution >= 4 is 63.1 Å². The lowest BCUT2D eigenvalue weighted by Gasteiger charge is -2.48. The number of carbonyl (C=O) groups excluding carboxylic acids is 2. The molecule has 4 aromatic rings. The van der Waals surface area contributed by atoms with Gasteiger partial charge in [0, 0.05) is 35.4 Å². The van der Waals surface area contributed by atoms with Crippen molar-refractivity contribution in [3.05, 3.63) is 80.8 Å². The lowest BCUT2D eigenvalue weighted by Crippen LogP contribution is -2.64. The Labute approximate surface area is 264 Å². The number of rotatable bonds is 4. The van der Waals surface area contributed by atoms with Crippen LogP contribution in [0.4, 0.5) is 17.1 Å². The molecule has 1 aromatic carbocycles. The van der Waals surface area contributed by atoms with E-state index in [0.717, 1.165) is 5.56 Å². The van der Waals surface area contributed by atoms with Gasteiger partial charge in [0.15, 0.2) is 0 Å². The van der Waals surface area contributed by atoms with Crippen molar-refractivity contribution < 1.29 is 9.59 Å². The van der Waals surface area contributed by atoms with Gasteiger partial charge < -0.3 is 20.9 Å². The maximum atomic E-state index is 14.6. The topological polar surface area (TPSA) is 126 Å². The van der Waals surface area contributed by atoms with Crippen molar-refractivity contribution in [1.29, 1.82) is 0 Å². The highest BCUT2D eigenvalue weighted by atomic mass is 35.5. The highest BCUT2D eigenvalue weighted by Gasteiger charge is 2.43. The lowest BCUT2D eigenvalue weighted by atomic mass is 9.99. The van der Waals surface area contributed by atoms with Crippen LogP contribution in [0.5, 0.6) is 0 Å². The van der Waals surface area contributed by atoms with Crippen molar-refractivity contribution in [2.24, 2.45) is 0 Å². The van der Waals surface area contributed by atoms with E-state index in [0.29, 0.717) is 56.6 Å². The third-order valence-electron chi connectivity index (χ3n) is 8.28. The molecule has 3 aromatic heterocycles. The van der Waals surface area contributed by atoms with E-state index in [9.17, 15) is 14.4 Å². The molecule has 12 heteroatoms. The van der Waals surface area contributed by atoms with Gasteiger partial charge in [-0.1, -0.05) is 43.6 Å². The van der Waals surface area contributed by atoms with Gasteiger partial charge in [-0.2, -0.15) is 0 Å². The van der Waals surface area contributed by atoms with Gasteiger partial charge in [0.05, 0.1) is 39.4 Å². The molecule has 2 aliphatic heterocycles. The first kappa shape index (κ1) is 29.7. The fourth-order valence-electron chi connectivity index (χ4n) is 6.16. The number of halogens is 2. The molecular weight excluding hydrogens is 601 g/mol. The van der Waals surface area contributed by atoms with Crippen molar-refractivity contribution in [3.63, 3.8) is 0 Å². The molecule has 1 saturated heterocycles. The normalized spacial score (nSPS) is 17.8. The Balaban J connectivity index is 1.72. The highest BCUT2D eigenvalue weighted by molar-refractivity contribution is 6.37. The zero-order valence-corrected chi connectivity index (χ0v) is 26.2. The van der Waals surface area contributed by atoms with Crippen LogP contribution in [0.15, 0.2) is 54.0 Å². The van der Waals surface area contributed by atoms with Crippen molar-refractivity contribution in [2.45, 2.75) is 45.7 Å². The minimum atomic E-state index is -0.741. The molecule has 1 fully saturated rings. The summed E-state index contributed by atoms with van der Waals surface area (Å²) in [7, 11) is 0. The van der Waals surface area contributed by atoms with Crippen LogP contribution in [0.1, 0.15) is 37.9 Å². The fraction of sp³-hybridized carbons (Fsp3) is 0.281. The Bertz CT molecular complexity index is 1960. The summed E-state index contributed by atoms with van der Waals surface area (Å²) in [6, 6.07) is 7.60. The number of anilines is 3. The molecule has 3 N–H and O–H groups in total. The predicted molar refractivity (Wildman–Crippen MR) is 175 cm³/mol. The number of nitrogens with one attached hydrogen (secondary N) is 1. The molecular formula is C32H31Cl2N7O3. The molecule has 0 saturated carbocycles. The Morgan fingerprint density at radius 1 is 1.14 bits per heavy atom. The number of hydrogen-bond donors (Lipinski definition) is 2. The van der Waals surface area contributed by atoms with Crippen molar-refractivity contribution in [3.8, 4) is 16.9 Å². The minimum Gasteiger partial charge on any atom is -0.399 e. The van der Waals surface area contributed by atoms with Crippen LogP contribution in [0.3, 0.4) is 0 Å². The van der Waals surface area contributed by atoms with E-state index in [-0.39, 0.29) is 41.0 Å². The van der Waals surface area contributed by atoms with E-state index in [1.165, 1.54) is 10.6 Å². The maximum Gasteiger partial charge on any atom is 0.282 e. The van der Waals surface area contributed by atoms with Gasteiger partial charge in [-0.3, -0.25) is 23.9 Å². The van der Waals surface area contributed by atoms with Gasteiger partial charge in [0.2, 0.25) is 11.8 Å². The second-order valence-corrected chi connectivity index (χ2v) is 12.3. The Morgan fingerprint density at radius 2 is 1.89 bits per heavy atom.